The largest absolute Gasteiger partial charge is 0.453 e. The van der Waals surface area contributed by atoms with Gasteiger partial charge in [0.05, 0.1) is 25.7 Å². The molecule has 12 nitrogen and oxygen atoms in total. The molecule has 1 aromatic carbocycles. The van der Waals surface area contributed by atoms with Gasteiger partial charge in [0.15, 0.2) is 11.2 Å². The molecule has 0 unspecified atom stereocenters. The molecule has 0 spiro atoms. The lowest BCUT2D eigenvalue weighted by molar-refractivity contribution is 0.165. The molecule has 1 fully saturated rings. The van der Waals surface area contributed by atoms with Gasteiger partial charge in [0.1, 0.15) is 5.82 Å². The maximum atomic E-state index is 13.9. The lowest BCUT2D eigenvalue weighted by atomic mass is 10.1. The van der Waals surface area contributed by atoms with E-state index in [0.717, 1.165) is 34.0 Å². The Morgan fingerprint density at radius 3 is 2.74 bits per heavy atom. The summed E-state index contributed by atoms with van der Waals surface area (Å²) in [5, 5.41) is 3.76. The molecule has 12 heteroatoms. The molecule has 1 aliphatic heterocycles. The zero-order valence-corrected chi connectivity index (χ0v) is 22.4. The summed E-state index contributed by atoms with van der Waals surface area (Å²) in [6.07, 6.45) is 1.10. The summed E-state index contributed by atoms with van der Waals surface area (Å²) in [5.74, 6) is 6.80. The van der Waals surface area contributed by atoms with Crippen molar-refractivity contribution in [2.24, 2.45) is 7.05 Å². The van der Waals surface area contributed by atoms with Crippen molar-refractivity contribution >= 4 is 34.1 Å². The van der Waals surface area contributed by atoms with Crippen LogP contribution in [0.3, 0.4) is 0 Å². The van der Waals surface area contributed by atoms with E-state index < -0.39 is 17.3 Å². The van der Waals surface area contributed by atoms with E-state index in [1.165, 1.54) is 11.7 Å². The van der Waals surface area contributed by atoms with Gasteiger partial charge in [-0.2, -0.15) is 4.98 Å². The molecule has 202 valence electrons. The number of aryl methyl sites for hydroxylation is 2. The maximum Gasteiger partial charge on any atom is 0.407 e. The lowest BCUT2D eigenvalue weighted by Crippen LogP contribution is -2.48. The summed E-state index contributed by atoms with van der Waals surface area (Å²) < 4.78 is 9.02. The van der Waals surface area contributed by atoms with Crippen LogP contribution in [0, 0.1) is 18.8 Å². The second kappa shape index (κ2) is 10.6. The molecule has 39 heavy (non-hydrogen) atoms. The van der Waals surface area contributed by atoms with Crippen molar-refractivity contribution in [2.75, 3.05) is 25.1 Å². The highest BCUT2D eigenvalue weighted by Crippen LogP contribution is 2.23. The predicted octanol–water partition coefficient (Wildman–Crippen LogP) is 1.54. The van der Waals surface area contributed by atoms with Gasteiger partial charge in [-0.05, 0) is 32.8 Å². The Kier molecular flexibility index (Phi) is 7.06. The Bertz CT molecular complexity index is 1760. The molecule has 1 saturated heterocycles. The number of nitrogens with zero attached hydrogens (tertiary/aromatic N) is 7. The maximum absolute atomic E-state index is 13.9. The monoisotopic (exact) mass is 530 g/mol. The van der Waals surface area contributed by atoms with E-state index in [0.29, 0.717) is 24.9 Å². The van der Waals surface area contributed by atoms with Crippen LogP contribution in [0.15, 0.2) is 33.9 Å². The first-order chi connectivity index (χ1) is 18.8. The molecule has 0 bridgehead atoms. The molecule has 4 aromatic rings. The Morgan fingerprint density at radius 1 is 1.18 bits per heavy atom. The van der Waals surface area contributed by atoms with Crippen molar-refractivity contribution in [3.8, 4) is 11.8 Å². The average molecular weight is 531 g/mol. The Morgan fingerprint density at radius 2 is 1.97 bits per heavy atom. The number of hydrogen-bond donors (Lipinski definition) is 1. The minimum absolute atomic E-state index is 0.0814. The molecule has 0 aliphatic carbocycles. The molecule has 1 aliphatic rings. The second-order valence-electron chi connectivity index (χ2n) is 9.49. The van der Waals surface area contributed by atoms with Crippen LogP contribution in [0.2, 0.25) is 0 Å². The number of fused-ring (bicyclic) bond motifs is 2. The fourth-order valence-corrected chi connectivity index (χ4v) is 5.06. The van der Waals surface area contributed by atoms with Crippen LogP contribution < -0.4 is 21.5 Å². The Balaban J connectivity index is 1.62. The number of imidazole rings is 1. The highest BCUT2D eigenvalue weighted by atomic mass is 16.5. The van der Waals surface area contributed by atoms with Gasteiger partial charge in [-0.1, -0.05) is 24.1 Å². The highest BCUT2D eigenvalue weighted by Gasteiger charge is 2.28. The van der Waals surface area contributed by atoms with Crippen LogP contribution >= 0.6 is 0 Å². The number of methoxy groups -OCH3 is 1. The molecular formula is C27H30N8O4. The van der Waals surface area contributed by atoms with E-state index in [1.807, 2.05) is 36.1 Å². The summed E-state index contributed by atoms with van der Waals surface area (Å²) >= 11 is 0. The first-order valence-corrected chi connectivity index (χ1v) is 12.7. The molecule has 3 aromatic heterocycles. The topological polar surface area (TPSA) is 129 Å². The summed E-state index contributed by atoms with van der Waals surface area (Å²) in [6.45, 7) is 4.89. The molecule has 1 atom stereocenters. The van der Waals surface area contributed by atoms with Crippen LogP contribution in [-0.4, -0.2) is 61.0 Å². The molecule has 0 radical (unpaired) electrons. The number of carbonyl (C=O) groups excluding carboxylic acids is 1. The second-order valence-corrected chi connectivity index (χ2v) is 9.49. The van der Waals surface area contributed by atoms with Crippen molar-refractivity contribution in [2.45, 2.75) is 45.8 Å². The van der Waals surface area contributed by atoms with Crippen LogP contribution in [0.4, 0.5) is 10.7 Å². The van der Waals surface area contributed by atoms with Gasteiger partial charge in [0.25, 0.3) is 5.56 Å². The number of carbonyl (C=O) groups is 1. The van der Waals surface area contributed by atoms with Gasteiger partial charge < -0.3 is 15.0 Å². The average Bonchev–Trinajstić information content (AvgIpc) is 3.33. The van der Waals surface area contributed by atoms with Gasteiger partial charge >= 0.3 is 11.8 Å². The number of alkyl carbamates (subject to hydrolysis) is 1. The minimum atomic E-state index is -0.511. The van der Waals surface area contributed by atoms with Crippen LogP contribution in [0.5, 0.6) is 0 Å². The molecule has 1 amide bonds. The predicted molar refractivity (Wildman–Crippen MR) is 147 cm³/mol. The number of anilines is 1. The fraction of sp³-hybridized carbons (Fsp3) is 0.407. The van der Waals surface area contributed by atoms with Crippen molar-refractivity contribution in [3.63, 3.8) is 0 Å². The van der Waals surface area contributed by atoms with E-state index in [1.54, 1.807) is 18.5 Å². The van der Waals surface area contributed by atoms with Gasteiger partial charge in [-0.15, -0.1) is 5.92 Å². The standard InChI is InChI=1S/C27H30N8O4/c1-5-6-14-34-22-23(31-25(34)33-13-9-10-18(15-33)29-26(37)39-4)32(3)27(38)35(24(22)36)16-21-28-17(2)19-11-7-8-12-20(19)30-21/h7-8,11-12,18H,9-10,13-16H2,1-4H3,(H,29,37)/t18-/m1/s1. The third-order valence-corrected chi connectivity index (χ3v) is 6.98. The van der Waals surface area contributed by atoms with E-state index in [-0.39, 0.29) is 30.3 Å². The van der Waals surface area contributed by atoms with E-state index in [4.69, 9.17) is 9.72 Å². The fourth-order valence-electron chi connectivity index (χ4n) is 5.06. The number of benzene rings is 1. The van der Waals surface area contributed by atoms with Crippen molar-refractivity contribution in [1.29, 1.82) is 0 Å². The zero-order chi connectivity index (χ0) is 27.7. The minimum Gasteiger partial charge on any atom is -0.453 e. The van der Waals surface area contributed by atoms with E-state index >= 15 is 0 Å². The summed E-state index contributed by atoms with van der Waals surface area (Å²) in [7, 11) is 2.92. The normalized spacial score (nSPS) is 15.3. The quantitative estimate of drug-likeness (QED) is 0.385. The zero-order valence-electron chi connectivity index (χ0n) is 22.4. The summed E-state index contributed by atoms with van der Waals surface area (Å²) in [5.41, 5.74) is 1.07. The van der Waals surface area contributed by atoms with E-state index in [9.17, 15) is 14.4 Å². The van der Waals surface area contributed by atoms with Crippen LogP contribution in [0.1, 0.15) is 31.3 Å². The Labute approximate surface area is 224 Å². The smallest absolute Gasteiger partial charge is 0.407 e. The first-order valence-electron chi connectivity index (χ1n) is 12.7. The first kappa shape index (κ1) is 26.0. The number of nitrogens with one attached hydrogen (secondary N) is 1. The third-order valence-electron chi connectivity index (χ3n) is 6.98. The lowest BCUT2D eigenvalue weighted by Gasteiger charge is -2.33. The van der Waals surface area contributed by atoms with Crippen LogP contribution in [-0.2, 0) is 24.9 Å². The Hall–Kier alpha value is -4.66. The number of aromatic nitrogens is 6. The molecule has 5 rings (SSSR count). The SMILES string of the molecule is CC#CCn1c(N2CCC[C@@H](NC(=O)OC)C2)nc2c1c(=O)n(Cc1nc(C)c3ccccc3n1)c(=O)n2C. The van der Waals surface area contributed by atoms with Gasteiger partial charge in [0, 0.05) is 37.3 Å². The number of amides is 1. The number of para-hydroxylation sites is 1. The van der Waals surface area contributed by atoms with Crippen molar-refractivity contribution < 1.29 is 9.53 Å². The number of ether oxygens (including phenoxy) is 1. The molecule has 0 saturated carbocycles. The number of hydrogen-bond acceptors (Lipinski definition) is 8. The van der Waals surface area contributed by atoms with Gasteiger partial charge in [0.2, 0.25) is 5.95 Å². The molecular weight excluding hydrogens is 500 g/mol. The number of piperidine rings is 1. The summed E-state index contributed by atoms with van der Waals surface area (Å²) in [6, 6.07) is 7.47. The molecule has 4 heterocycles. The highest BCUT2D eigenvalue weighted by molar-refractivity contribution is 5.80. The van der Waals surface area contributed by atoms with Crippen LogP contribution in [0.25, 0.3) is 22.1 Å². The van der Waals surface area contributed by atoms with Gasteiger partial charge in [-0.3, -0.25) is 18.5 Å². The number of rotatable bonds is 5. The van der Waals surface area contributed by atoms with Crippen molar-refractivity contribution in [3.05, 3.63) is 56.6 Å². The summed E-state index contributed by atoms with van der Waals surface area (Å²) in [4.78, 5) is 55.0. The van der Waals surface area contributed by atoms with E-state index in [2.05, 4.69) is 27.1 Å². The van der Waals surface area contributed by atoms with Crippen molar-refractivity contribution in [1.82, 2.24) is 34.0 Å². The van der Waals surface area contributed by atoms with Gasteiger partial charge in [-0.25, -0.2) is 19.6 Å². The molecule has 1 N–H and O–H groups in total. The third kappa shape index (κ3) is 4.83.